The smallest absolute Gasteiger partial charge is 0.126 e. The third-order valence-electron chi connectivity index (χ3n) is 4.37. The van der Waals surface area contributed by atoms with E-state index in [0.717, 1.165) is 31.6 Å². The van der Waals surface area contributed by atoms with Gasteiger partial charge in [-0.15, -0.1) is 0 Å². The van der Waals surface area contributed by atoms with Crippen LogP contribution in [0.25, 0.3) is 0 Å². The van der Waals surface area contributed by atoms with Crippen LogP contribution in [0.3, 0.4) is 0 Å². The van der Waals surface area contributed by atoms with E-state index in [0.29, 0.717) is 12.1 Å². The molecule has 2 atom stereocenters. The summed E-state index contributed by atoms with van der Waals surface area (Å²) in [4.78, 5) is 2.47. The lowest BCUT2D eigenvalue weighted by Crippen LogP contribution is -2.47. The molecule has 1 heterocycles. The maximum atomic E-state index is 13.7. The first-order chi connectivity index (χ1) is 9.70. The fourth-order valence-corrected chi connectivity index (χ4v) is 3.09. The molecular formula is C17H27FN2. The lowest BCUT2D eigenvalue weighted by molar-refractivity contribution is 0.182. The summed E-state index contributed by atoms with van der Waals surface area (Å²) >= 11 is 0. The molecule has 0 bridgehead atoms. The first-order valence-corrected chi connectivity index (χ1v) is 7.91. The molecule has 3 heteroatoms. The zero-order valence-corrected chi connectivity index (χ0v) is 12.7. The largest absolute Gasteiger partial charge is 0.313 e. The second kappa shape index (κ2) is 7.75. The van der Waals surface area contributed by atoms with Crippen molar-refractivity contribution in [3.8, 4) is 0 Å². The number of likely N-dealkylation sites (N-methyl/N-ethyl adjacent to an activating group) is 1. The van der Waals surface area contributed by atoms with Gasteiger partial charge in [0.15, 0.2) is 0 Å². The van der Waals surface area contributed by atoms with Crippen LogP contribution in [0.1, 0.15) is 38.7 Å². The van der Waals surface area contributed by atoms with E-state index in [-0.39, 0.29) is 5.82 Å². The van der Waals surface area contributed by atoms with Crippen LogP contribution in [0.15, 0.2) is 24.3 Å². The molecule has 2 rings (SSSR count). The zero-order valence-electron chi connectivity index (χ0n) is 12.7. The molecule has 1 saturated heterocycles. The van der Waals surface area contributed by atoms with E-state index in [1.54, 1.807) is 12.1 Å². The summed E-state index contributed by atoms with van der Waals surface area (Å²) < 4.78 is 13.7. The normalized spacial score (nSPS) is 21.1. The number of hydrogen-bond donors (Lipinski definition) is 1. The highest BCUT2D eigenvalue weighted by atomic mass is 19.1. The van der Waals surface area contributed by atoms with Crippen LogP contribution >= 0.6 is 0 Å². The fourth-order valence-electron chi connectivity index (χ4n) is 3.09. The van der Waals surface area contributed by atoms with Crippen molar-refractivity contribution in [3.63, 3.8) is 0 Å². The summed E-state index contributed by atoms with van der Waals surface area (Å²) in [6.07, 6.45) is 4.68. The molecule has 0 radical (unpaired) electrons. The van der Waals surface area contributed by atoms with Gasteiger partial charge in [0.2, 0.25) is 0 Å². The molecule has 1 aromatic carbocycles. The van der Waals surface area contributed by atoms with Crippen LogP contribution in [-0.4, -0.2) is 36.6 Å². The average Bonchev–Trinajstić information content (AvgIpc) is 2.48. The van der Waals surface area contributed by atoms with Crippen molar-refractivity contribution in [2.75, 3.05) is 19.6 Å². The number of piperidine rings is 1. The van der Waals surface area contributed by atoms with Crippen molar-refractivity contribution in [1.29, 1.82) is 0 Å². The number of nitrogens with one attached hydrogen (secondary N) is 1. The Morgan fingerprint density at radius 1 is 1.35 bits per heavy atom. The van der Waals surface area contributed by atoms with Gasteiger partial charge in [-0.2, -0.15) is 0 Å². The van der Waals surface area contributed by atoms with Crippen molar-refractivity contribution in [2.45, 2.75) is 51.6 Å². The van der Waals surface area contributed by atoms with Crippen LogP contribution in [-0.2, 0) is 6.42 Å². The molecule has 0 saturated carbocycles. The minimum atomic E-state index is -0.0776. The van der Waals surface area contributed by atoms with Gasteiger partial charge >= 0.3 is 0 Å². The molecule has 1 aromatic rings. The number of rotatable bonds is 6. The van der Waals surface area contributed by atoms with Gasteiger partial charge in [-0.1, -0.05) is 31.5 Å². The molecule has 0 spiro atoms. The van der Waals surface area contributed by atoms with E-state index in [4.69, 9.17) is 0 Å². The van der Waals surface area contributed by atoms with Crippen LogP contribution < -0.4 is 5.32 Å². The highest BCUT2D eigenvalue weighted by molar-refractivity contribution is 5.18. The van der Waals surface area contributed by atoms with Crippen molar-refractivity contribution in [3.05, 3.63) is 35.6 Å². The van der Waals surface area contributed by atoms with E-state index in [1.807, 2.05) is 12.1 Å². The maximum Gasteiger partial charge on any atom is 0.126 e. The van der Waals surface area contributed by atoms with Gasteiger partial charge < -0.3 is 5.32 Å². The van der Waals surface area contributed by atoms with Crippen LogP contribution in [0.5, 0.6) is 0 Å². The van der Waals surface area contributed by atoms with Gasteiger partial charge in [0, 0.05) is 18.6 Å². The molecular weight excluding hydrogens is 251 g/mol. The molecule has 20 heavy (non-hydrogen) atoms. The summed E-state index contributed by atoms with van der Waals surface area (Å²) in [5.41, 5.74) is 0.829. The van der Waals surface area contributed by atoms with E-state index < -0.39 is 0 Å². The third kappa shape index (κ3) is 4.29. The minimum Gasteiger partial charge on any atom is -0.313 e. The average molecular weight is 278 g/mol. The Balaban J connectivity index is 1.91. The lowest BCUT2D eigenvalue weighted by Gasteiger charge is -2.34. The first kappa shape index (κ1) is 15.5. The van der Waals surface area contributed by atoms with E-state index in [2.05, 4.69) is 24.1 Å². The number of hydrogen-bond acceptors (Lipinski definition) is 2. The fraction of sp³-hybridized carbons (Fsp3) is 0.647. The van der Waals surface area contributed by atoms with Crippen molar-refractivity contribution >= 4 is 0 Å². The summed E-state index contributed by atoms with van der Waals surface area (Å²) in [5.74, 6) is -0.0776. The highest BCUT2D eigenvalue weighted by Gasteiger charge is 2.20. The molecule has 2 unspecified atom stereocenters. The molecule has 1 fully saturated rings. The van der Waals surface area contributed by atoms with Gasteiger partial charge in [0.1, 0.15) is 5.82 Å². The maximum absolute atomic E-state index is 13.7. The molecule has 2 nitrogen and oxygen atoms in total. The molecule has 0 amide bonds. The lowest BCUT2D eigenvalue weighted by atomic mass is 10.0. The molecule has 1 aliphatic rings. The Hall–Kier alpha value is -0.930. The number of benzene rings is 1. The van der Waals surface area contributed by atoms with Crippen molar-refractivity contribution in [2.24, 2.45) is 0 Å². The summed E-state index contributed by atoms with van der Waals surface area (Å²) in [7, 11) is 0. The summed E-state index contributed by atoms with van der Waals surface area (Å²) in [6, 6.07) is 8.11. The third-order valence-corrected chi connectivity index (χ3v) is 4.37. The standard InChI is InChI=1S/C17H27FN2/c1-3-20(13-16-9-6-7-11-19-16)14(2)12-15-8-4-5-10-17(15)18/h4-5,8,10,14,16,19H,3,6-7,9,11-13H2,1-2H3. The number of halogens is 1. The van der Waals surface area contributed by atoms with E-state index >= 15 is 0 Å². The Morgan fingerprint density at radius 3 is 2.80 bits per heavy atom. The molecule has 0 aromatic heterocycles. The predicted octanol–water partition coefficient (Wildman–Crippen LogP) is 3.22. The summed E-state index contributed by atoms with van der Waals surface area (Å²) in [6.45, 7) is 7.64. The van der Waals surface area contributed by atoms with E-state index in [9.17, 15) is 4.39 Å². The van der Waals surface area contributed by atoms with Crippen LogP contribution in [0.4, 0.5) is 4.39 Å². The quantitative estimate of drug-likeness (QED) is 0.859. The Morgan fingerprint density at radius 2 is 2.15 bits per heavy atom. The van der Waals surface area contributed by atoms with Crippen molar-refractivity contribution in [1.82, 2.24) is 10.2 Å². The monoisotopic (exact) mass is 278 g/mol. The molecule has 0 aliphatic carbocycles. The topological polar surface area (TPSA) is 15.3 Å². The van der Waals surface area contributed by atoms with Crippen LogP contribution in [0.2, 0.25) is 0 Å². The molecule has 1 N–H and O–H groups in total. The van der Waals surface area contributed by atoms with Gasteiger partial charge in [0.25, 0.3) is 0 Å². The van der Waals surface area contributed by atoms with Gasteiger partial charge in [-0.25, -0.2) is 4.39 Å². The predicted molar refractivity (Wildman–Crippen MR) is 82.5 cm³/mol. The molecule has 112 valence electrons. The van der Waals surface area contributed by atoms with Crippen LogP contribution in [0, 0.1) is 5.82 Å². The highest BCUT2D eigenvalue weighted by Crippen LogP contribution is 2.15. The minimum absolute atomic E-state index is 0.0776. The molecule has 1 aliphatic heterocycles. The van der Waals surface area contributed by atoms with Gasteiger partial charge in [-0.05, 0) is 50.9 Å². The Bertz CT molecular complexity index is 402. The van der Waals surface area contributed by atoms with Crippen molar-refractivity contribution < 1.29 is 4.39 Å². The zero-order chi connectivity index (χ0) is 14.4. The van der Waals surface area contributed by atoms with Gasteiger partial charge in [-0.3, -0.25) is 4.90 Å². The Labute approximate surface area is 122 Å². The summed E-state index contributed by atoms with van der Waals surface area (Å²) in [5, 5.41) is 3.60. The first-order valence-electron chi connectivity index (χ1n) is 7.91. The second-order valence-corrected chi connectivity index (χ2v) is 5.88. The van der Waals surface area contributed by atoms with Gasteiger partial charge in [0.05, 0.1) is 0 Å². The Kier molecular flexibility index (Phi) is 5.99. The number of nitrogens with zero attached hydrogens (tertiary/aromatic N) is 1. The van der Waals surface area contributed by atoms with E-state index in [1.165, 1.54) is 19.3 Å². The second-order valence-electron chi connectivity index (χ2n) is 5.88. The SMILES string of the molecule is CCN(CC1CCCCN1)C(C)Cc1ccccc1F.